The first-order chi connectivity index (χ1) is 7.29. The maximum absolute atomic E-state index is 9.64. The van der Waals surface area contributed by atoms with E-state index in [1.54, 1.807) is 13.3 Å². The normalized spacial score (nSPS) is 17.2. The van der Waals surface area contributed by atoms with Gasteiger partial charge in [-0.1, -0.05) is 0 Å². The molecule has 1 aliphatic carbocycles. The summed E-state index contributed by atoms with van der Waals surface area (Å²) in [6.07, 6.45) is 3.72. The van der Waals surface area contributed by atoms with Crippen LogP contribution < -0.4 is 10.1 Å². The Morgan fingerprint density at radius 2 is 2.40 bits per heavy atom. The van der Waals surface area contributed by atoms with Gasteiger partial charge in [-0.05, 0) is 30.9 Å². The first kappa shape index (κ1) is 10.2. The monoisotopic (exact) mass is 208 g/mol. The molecule has 1 saturated carbocycles. The number of ether oxygens (including phenoxy) is 1. The third kappa shape index (κ3) is 2.83. The van der Waals surface area contributed by atoms with Gasteiger partial charge in [-0.15, -0.1) is 0 Å². The number of aromatic nitrogens is 1. The van der Waals surface area contributed by atoms with E-state index in [4.69, 9.17) is 4.74 Å². The number of hydrogen-bond donors (Lipinski definition) is 2. The van der Waals surface area contributed by atoms with Crippen molar-refractivity contribution in [1.82, 2.24) is 4.98 Å². The quantitative estimate of drug-likeness (QED) is 0.765. The molecule has 0 saturated heterocycles. The van der Waals surface area contributed by atoms with E-state index < -0.39 is 0 Å². The minimum atomic E-state index is -0.242. The molecule has 0 amide bonds. The zero-order valence-corrected chi connectivity index (χ0v) is 8.81. The Labute approximate surface area is 89.3 Å². The number of rotatable bonds is 5. The van der Waals surface area contributed by atoms with Gasteiger partial charge in [0.25, 0.3) is 0 Å². The average molecular weight is 208 g/mol. The van der Waals surface area contributed by atoms with Gasteiger partial charge >= 0.3 is 0 Å². The van der Waals surface area contributed by atoms with Crippen LogP contribution in [-0.4, -0.2) is 29.8 Å². The summed E-state index contributed by atoms with van der Waals surface area (Å²) >= 11 is 0. The van der Waals surface area contributed by atoms with E-state index in [2.05, 4.69) is 10.3 Å². The number of anilines is 1. The Balaban J connectivity index is 1.81. The van der Waals surface area contributed by atoms with E-state index in [0.29, 0.717) is 12.5 Å². The zero-order valence-electron chi connectivity index (χ0n) is 8.81. The standard InChI is InChI=1S/C11H16N2O2/c1-15-9-4-5-11(12-6-9)13-7-10(14)8-2-3-8/h4-6,8,10,14H,2-3,7H2,1H3,(H,12,13). The summed E-state index contributed by atoms with van der Waals surface area (Å²) in [6.45, 7) is 0.573. The Kier molecular flexibility index (Phi) is 3.06. The van der Waals surface area contributed by atoms with Gasteiger partial charge in [0.2, 0.25) is 0 Å². The van der Waals surface area contributed by atoms with E-state index in [1.807, 2.05) is 12.1 Å². The van der Waals surface area contributed by atoms with Gasteiger partial charge in [0.05, 0.1) is 19.4 Å². The summed E-state index contributed by atoms with van der Waals surface area (Å²) in [6, 6.07) is 3.69. The van der Waals surface area contributed by atoms with Crippen molar-refractivity contribution >= 4 is 5.82 Å². The van der Waals surface area contributed by atoms with Crippen LogP contribution in [0.1, 0.15) is 12.8 Å². The van der Waals surface area contributed by atoms with Crippen LogP contribution in [0.4, 0.5) is 5.82 Å². The molecule has 1 aromatic heterocycles. The van der Waals surface area contributed by atoms with E-state index >= 15 is 0 Å². The Morgan fingerprint density at radius 1 is 1.60 bits per heavy atom. The number of aliphatic hydroxyl groups is 1. The summed E-state index contributed by atoms with van der Waals surface area (Å²) in [4.78, 5) is 4.15. The fourth-order valence-corrected chi connectivity index (χ4v) is 1.46. The lowest BCUT2D eigenvalue weighted by molar-refractivity contribution is 0.164. The highest BCUT2D eigenvalue weighted by atomic mass is 16.5. The molecule has 1 heterocycles. The minimum absolute atomic E-state index is 0.242. The van der Waals surface area contributed by atoms with Crippen LogP contribution >= 0.6 is 0 Å². The van der Waals surface area contributed by atoms with Crippen molar-refractivity contribution in [3.8, 4) is 5.75 Å². The molecule has 2 N–H and O–H groups in total. The lowest BCUT2D eigenvalue weighted by atomic mass is 10.2. The predicted molar refractivity (Wildman–Crippen MR) is 58.0 cm³/mol. The van der Waals surface area contributed by atoms with Gasteiger partial charge in [0.15, 0.2) is 0 Å². The first-order valence-corrected chi connectivity index (χ1v) is 5.21. The molecule has 0 spiro atoms. The van der Waals surface area contributed by atoms with Crippen LogP contribution in [-0.2, 0) is 0 Å². The highest BCUT2D eigenvalue weighted by Crippen LogP contribution is 2.32. The first-order valence-electron chi connectivity index (χ1n) is 5.21. The summed E-state index contributed by atoms with van der Waals surface area (Å²) in [5.41, 5.74) is 0. The number of hydrogen-bond acceptors (Lipinski definition) is 4. The lowest BCUT2D eigenvalue weighted by Crippen LogP contribution is -2.21. The molecule has 2 rings (SSSR count). The van der Waals surface area contributed by atoms with Crippen LogP contribution in [0, 0.1) is 5.92 Å². The number of methoxy groups -OCH3 is 1. The predicted octanol–water partition coefficient (Wildman–Crippen LogP) is 1.27. The smallest absolute Gasteiger partial charge is 0.137 e. The molecule has 0 radical (unpaired) electrons. The number of nitrogens with one attached hydrogen (secondary N) is 1. The second-order valence-electron chi connectivity index (χ2n) is 3.87. The summed E-state index contributed by atoms with van der Waals surface area (Å²) in [5, 5.41) is 12.7. The Bertz CT molecular complexity index is 309. The van der Waals surface area contributed by atoms with Crippen LogP contribution in [0.15, 0.2) is 18.3 Å². The van der Waals surface area contributed by atoms with Gasteiger partial charge in [-0.2, -0.15) is 0 Å². The maximum atomic E-state index is 9.64. The van der Waals surface area contributed by atoms with Crippen molar-refractivity contribution in [2.45, 2.75) is 18.9 Å². The largest absolute Gasteiger partial charge is 0.495 e. The van der Waals surface area contributed by atoms with E-state index in [9.17, 15) is 5.11 Å². The Morgan fingerprint density at radius 3 is 2.93 bits per heavy atom. The Hall–Kier alpha value is -1.29. The van der Waals surface area contributed by atoms with Crippen LogP contribution in [0.3, 0.4) is 0 Å². The lowest BCUT2D eigenvalue weighted by Gasteiger charge is -2.11. The van der Waals surface area contributed by atoms with Crippen LogP contribution in [0.2, 0.25) is 0 Å². The van der Waals surface area contributed by atoms with Crippen molar-refractivity contribution in [1.29, 1.82) is 0 Å². The molecule has 0 bridgehead atoms. The van der Waals surface area contributed by atoms with Crippen molar-refractivity contribution in [2.75, 3.05) is 19.0 Å². The molecule has 15 heavy (non-hydrogen) atoms. The van der Waals surface area contributed by atoms with Crippen molar-refractivity contribution < 1.29 is 9.84 Å². The minimum Gasteiger partial charge on any atom is -0.495 e. The average Bonchev–Trinajstić information content (AvgIpc) is 3.10. The van der Waals surface area contributed by atoms with Gasteiger partial charge in [0.1, 0.15) is 11.6 Å². The molecule has 1 unspecified atom stereocenters. The van der Waals surface area contributed by atoms with E-state index in [1.165, 1.54) is 0 Å². The van der Waals surface area contributed by atoms with Gasteiger partial charge in [-0.3, -0.25) is 0 Å². The highest BCUT2D eigenvalue weighted by Gasteiger charge is 2.29. The van der Waals surface area contributed by atoms with Gasteiger partial charge in [0, 0.05) is 6.54 Å². The van der Waals surface area contributed by atoms with Crippen LogP contribution in [0.25, 0.3) is 0 Å². The number of aliphatic hydroxyl groups excluding tert-OH is 1. The summed E-state index contributed by atoms with van der Waals surface area (Å²) in [7, 11) is 1.61. The number of pyridine rings is 1. The van der Waals surface area contributed by atoms with Gasteiger partial charge in [-0.25, -0.2) is 4.98 Å². The zero-order chi connectivity index (χ0) is 10.7. The topological polar surface area (TPSA) is 54.4 Å². The fraction of sp³-hybridized carbons (Fsp3) is 0.545. The van der Waals surface area contributed by atoms with Crippen molar-refractivity contribution in [3.05, 3.63) is 18.3 Å². The molecule has 4 heteroatoms. The molecular formula is C11H16N2O2. The third-order valence-electron chi connectivity index (χ3n) is 2.63. The third-order valence-corrected chi connectivity index (χ3v) is 2.63. The second kappa shape index (κ2) is 4.49. The van der Waals surface area contributed by atoms with Crippen molar-refractivity contribution in [2.24, 2.45) is 5.92 Å². The summed E-state index contributed by atoms with van der Waals surface area (Å²) in [5.74, 6) is 2.01. The molecule has 0 aromatic carbocycles. The fourth-order valence-electron chi connectivity index (χ4n) is 1.46. The molecule has 1 aliphatic rings. The van der Waals surface area contributed by atoms with E-state index in [-0.39, 0.29) is 6.10 Å². The molecule has 0 aliphatic heterocycles. The van der Waals surface area contributed by atoms with Crippen LogP contribution in [0.5, 0.6) is 5.75 Å². The van der Waals surface area contributed by atoms with Crippen molar-refractivity contribution in [3.63, 3.8) is 0 Å². The molecule has 1 fully saturated rings. The molecule has 4 nitrogen and oxygen atoms in total. The molecule has 1 atom stereocenters. The SMILES string of the molecule is COc1ccc(NCC(O)C2CC2)nc1. The highest BCUT2D eigenvalue weighted by molar-refractivity contribution is 5.37. The van der Waals surface area contributed by atoms with E-state index in [0.717, 1.165) is 24.4 Å². The molecule has 1 aromatic rings. The number of nitrogens with zero attached hydrogens (tertiary/aromatic N) is 1. The summed E-state index contributed by atoms with van der Waals surface area (Å²) < 4.78 is 5.00. The molecule has 82 valence electrons. The van der Waals surface area contributed by atoms with Gasteiger partial charge < -0.3 is 15.2 Å². The maximum Gasteiger partial charge on any atom is 0.137 e. The second-order valence-corrected chi connectivity index (χ2v) is 3.87. The molecular weight excluding hydrogens is 192 g/mol.